The Kier molecular flexibility index (Phi) is 6.17. The van der Waals surface area contributed by atoms with Crippen molar-refractivity contribution in [1.29, 1.82) is 0 Å². The largest absolute Gasteiger partial charge is 0.362 e. The fraction of sp³-hybridized carbons (Fsp3) is 0.300. The van der Waals surface area contributed by atoms with Gasteiger partial charge in [0.05, 0.1) is 11.8 Å². The minimum atomic E-state index is -0.298. The fourth-order valence-corrected chi connectivity index (χ4v) is 3.87. The Balaban J connectivity index is 1.48. The highest BCUT2D eigenvalue weighted by Crippen LogP contribution is 2.26. The highest BCUT2D eigenvalue weighted by molar-refractivity contribution is 8.00. The molecule has 1 aliphatic rings. The van der Waals surface area contributed by atoms with Crippen molar-refractivity contribution in [3.63, 3.8) is 0 Å². The number of hydrogen-bond donors (Lipinski definition) is 2. The molecule has 3 rings (SSSR count). The number of para-hydroxylation sites is 1. The van der Waals surface area contributed by atoms with E-state index in [0.29, 0.717) is 0 Å². The normalized spacial score (nSPS) is 14.3. The smallest absolute Gasteiger partial charge is 0.257 e. The van der Waals surface area contributed by atoms with Gasteiger partial charge in [0.15, 0.2) is 0 Å². The van der Waals surface area contributed by atoms with Gasteiger partial charge in [-0.15, -0.1) is 11.8 Å². The lowest BCUT2D eigenvalue weighted by Crippen LogP contribution is -2.49. The van der Waals surface area contributed by atoms with Crippen LogP contribution in [-0.2, 0) is 16.0 Å². The Bertz CT molecular complexity index is 767. The van der Waals surface area contributed by atoms with Crippen molar-refractivity contribution in [2.24, 2.45) is 0 Å². The van der Waals surface area contributed by atoms with E-state index in [-0.39, 0.29) is 23.6 Å². The van der Waals surface area contributed by atoms with Crippen LogP contribution in [0.1, 0.15) is 18.9 Å². The van der Waals surface area contributed by atoms with Gasteiger partial charge >= 0.3 is 0 Å². The Morgan fingerprint density at radius 3 is 2.62 bits per heavy atom. The molecular formula is C20H23N3O2S. The summed E-state index contributed by atoms with van der Waals surface area (Å²) in [4.78, 5) is 27.5. The fourth-order valence-electron chi connectivity index (χ4n) is 2.98. The van der Waals surface area contributed by atoms with Gasteiger partial charge in [-0.05, 0) is 43.5 Å². The number of hydrogen-bond acceptors (Lipinski definition) is 4. The van der Waals surface area contributed by atoms with Crippen molar-refractivity contribution in [2.45, 2.75) is 29.9 Å². The van der Waals surface area contributed by atoms with Crippen LogP contribution < -0.4 is 15.8 Å². The number of nitrogens with zero attached hydrogens (tertiary/aromatic N) is 1. The van der Waals surface area contributed by atoms with Crippen molar-refractivity contribution in [3.8, 4) is 0 Å². The van der Waals surface area contributed by atoms with Crippen molar-refractivity contribution in [1.82, 2.24) is 10.9 Å². The Morgan fingerprint density at radius 2 is 1.81 bits per heavy atom. The number of rotatable bonds is 5. The van der Waals surface area contributed by atoms with Gasteiger partial charge in [0.25, 0.3) is 11.8 Å². The summed E-state index contributed by atoms with van der Waals surface area (Å²) in [5, 5.41) is -0.298. The minimum absolute atomic E-state index is 0.216. The van der Waals surface area contributed by atoms with E-state index in [1.165, 1.54) is 17.3 Å². The molecular weight excluding hydrogens is 346 g/mol. The molecule has 1 atom stereocenters. The zero-order chi connectivity index (χ0) is 18.4. The van der Waals surface area contributed by atoms with E-state index in [1.54, 1.807) is 0 Å². The number of nitrogens with one attached hydrogen (secondary N) is 2. The molecule has 0 saturated carbocycles. The molecule has 26 heavy (non-hydrogen) atoms. The number of carbonyl (C=O) groups excluding carboxylic acids is 2. The van der Waals surface area contributed by atoms with Gasteiger partial charge in [0.2, 0.25) is 0 Å². The number of benzene rings is 2. The average Bonchev–Trinajstić information content (AvgIpc) is 2.67. The summed E-state index contributed by atoms with van der Waals surface area (Å²) in [7, 11) is 0. The number of carbonyl (C=O) groups is 2. The SMILES string of the molecule is CC(Sc1ccccc1)C(=O)NNC(=O)CN1CCCc2ccccc21. The molecule has 0 saturated heterocycles. The van der Waals surface area contributed by atoms with E-state index in [0.717, 1.165) is 30.0 Å². The van der Waals surface area contributed by atoms with Gasteiger partial charge in [0, 0.05) is 17.1 Å². The molecule has 0 spiro atoms. The van der Waals surface area contributed by atoms with Crippen LogP contribution in [-0.4, -0.2) is 30.2 Å². The first-order valence-electron chi connectivity index (χ1n) is 8.77. The topological polar surface area (TPSA) is 61.4 Å². The molecule has 1 aliphatic heterocycles. The second-order valence-corrected chi connectivity index (χ2v) is 7.68. The molecule has 136 valence electrons. The molecule has 2 aromatic carbocycles. The van der Waals surface area contributed by atoms with Gasteiger partial charge in [-0.1, -0.05) is 36.4 Å². The summed E-state index contributed by atoms with van der Waals surface area (Å²) in [5.41, 5.74) is 7.44. The van der Waals surface area contributed by atoms with Gasteiger partial charge < -0.3 is 4.90 Å². The number of anilines is 1. The number of hydrazine groups is 1. The Labute approximate surface area is 158 Å². The van der Waals surface area contributed by atoms with Crippen LogP contribution in [0.2, 0.25) is 0 Å². The molecule has 2 N–H and O–H groups in total. The first-order chi connectivity index (χ1) is 12.6. The van der Waals surface area contributed by atoms with Crippen LogP contribution >= 0.6 is 11.8 Å². The van der Waals surface area contributed by atoms with Crippen LogP contribution in [0.5, 0.6) is 0 Å². The van der Waals surface area contributed by atoms with E-state index in [1.807, 2.05) is 55.5 Å². The molecule has 5 nitrogen and oxygen atoms in total. The number of aryl methyl sites for hydroxylation is 1. The monoisotopic (exact) mass is 369 g/mol. The summed E-state index contributed by atoms with van der Waals surface area (Å²) < 4.78 is 0. The number of fused-ring (bicyclic) bond motifs is 1. The second-order valence-electron chi connectivity index (χ2n) is 6.26. The Morgan fingerprint density at radius 1 is 1.08 bits per heavy atom. The summed E-state index contributed by atoms with van der Waals surface area (Å²) >= 11 is 1.46. The van der Waals surface area contributed by atoms with E-state index < -0.39 is 0 Å². The minimum Gasteiger partial charge on any atom is -0.362 e. The highest BCUT2D eigenvalue weighted by atomic mass is 32.2. The summed E-state index contributed by atoms with van der Waals surface area (Å²) in [5.74, 6) is -0.432. The Hall–Kier alpha value is -2.47. The maximum absolute atomic E-state index is 12.2. The maximum atomic E-state index is 12.2. The van der Waals surface area contributed by atoms with Crippen LogP contribution in [0.25, 0.3) is 0 Å². The maximum Gasteiger partial charge on any atom is 0.257 e. The van der Waals surface area contributed by atoms with Crippen molar-refractivity contribution in [3.05, 3.63) is 60.2 Å². The van der Waals surface area contributed by atoms with Crippen molar-refractivity contribution >= 4 is 29.3 Å². The first-order valence-corrected chi connectivity index (χ1v) is 9.64. The summed E-state index contributed by atoms with van der Waals surface area (Å²) in [6.07, 6.45) is 2.07. The summed E-state index contributed by atoms with van der Waals surface area (Å²) in [6, 6.07) is 17.9. The van der Waals surface area contributed by atoms with Gasteiger partial charge in [-0.2, -0.15) is 0 Å². The van der Waals surface area contributed by atoms with Crippen molar-refractivity contribution in [2.75, 3.05) is 18.0 Å². The molecule has 6 heteroatoms. The standard InChI is InChI=1S/C20H23N3O2S/c1-15(26-17-10-3-2-4-11-17)20(25)22-21-19(24)14-23-13-7-9-16-8-5-6-12-18(16)23/h2-6,8,10-12,15H,7,9,13-14H2,1H3,(H,21,24)(H,22,25). The first kappa shape index (κ1) is 18.3. The molecule has 2 amide bonds. The van der Waals surface area contributed by atoms with Crippen LogP contribution in [0, 0.1) is 0 Å². The van der Waals surface area contributed by atoms with E-state index in [4.69, 9.17) is 0 Å². The molecule has 0 radical (unpaired) electrons. The lowest BCUT2D eigenvalue weighted by molar-refractivity contribution is -0.127. The molecule has 0 bridgehead atoms. The third kappa shape index (κ3) is 4.79. The molecule has 0 fully saturated rings. The zero-order valence-electron chi connectivity index (χ0n) is 14.8. The second kappa shape index (κ2) is 8.76. The lowest BCUT2D eigenvalue weighted by Gasteiger charge is -2.30. The molecule has 0 aromatic heterocycles. The van der Waals surface area contributed by atoms with Gasteiger partial charge in [-0.3, -0.25) is 20.4 Å². The third-order valence-electron chi connectivity index (χ3n) is 4.29. The van der Waals surface area contributed by atoms with Crippen LogP contribution in [0.3, 0.4) is 0 Å². The summed E-state index contributed by atoms with van der Waals surface area (Å²) in [6.45, 7) is 2.90. The van der Waals surface area contributed by atoms with Gasteiger partial charge in [0.1, 0.15) is 0 Å². The van der Waals surface area contributed by atoms with E-state index in [9.17, 15) is 9.59 Å². The number of thioether (sulfide) groups is 1. The lowest BCUT2D eigenvalue weighted by atomic mass is 10.0. The quantitative estimate of drug-likeness (QED) is 0.628. The third-order valence-corrected chi connectivity index (χ3v) is 5.40. The molecule has 0 aliphatic carbocycles. The average molecular weight is 369 g/mol. The van der Waals surface area contributed by atoms with Crippen LogP contribution in [0.15, 0.2) is 59.5 Å². The number of amides is 2. The van der Waals surface area contributed by atoms with E-state index in [2.05, 4.69) is 21.8 Å². The molecule has 1 heterocycles. The van der Waals surface area contributed by atoms with Gasteiger partial charge in [-0.25, -0.2) is 0 Å². The molecule has 1 unspecified atom stereocenters. The van der Waals surface area contributed by atoms with Crippen molar-refractivity contribution < 1.29 is 9.59 Å². The molecule has 2 aromatic rings. The predicted molar refractivity (Wildman–Crippen MR) is 105 cm³/mol. The van der Waals surface area contributed by atoms with E-state index >= 15 is 0 Å². The highest BCUT2D eigenvalue weighted by Gasteiger charge is 2.20. The predicted octanol–water partition coefficient (Wildman–Crippen LogP) is 2.77. The zero-order valence-corrected chi connectivity index (χ0v) is 15.6. The van der Waals surface area contributed by atoms with Crippen LogP contribution in [0.4, 0.5) is 5.69 Å².